The summed E-state index contributed by atoms with van der Waals surface area (Å²) < 4.78 is 13.5. The van der Waals surface area contributed by atoms with E-state index in [0.717, 1.165) is 37.7 Å². The van der Waals surface area contributed by atoms with Crippen LogP contribution in [0.2, 0.25) is 0 Å². The Balaban J connectivity index is 2.84. The third-order valence-electron chi connectivity index (χ3n) is 2.41. The van der Waals surface area contributed by atoms with Gasteiger partial charge in [0.05, 0.1) is 0 Å². The summed E-state index contributed by atoms with van der Waals surface area (Å²) >= 11 is 0. The number of hydrogen-bond acceptors (Lipinski definition) is 0. The van der Waals surface area contributed by atoms with Gasteiger partial charge in [0.15, 0.2) is 0 Å². The molecule has 0 saturated heterocycles. The molecule has 0 aliphatic heterocycles. The van der Waals surface area contributed by atoms with Crippen molar-refractivity contribution in [2.75, 3.05) is 0 Å². The van der Waals surface area contributed by atoms with Crippen LogP contribution in [-0.4, -0.2) is 0 Å². The van der Waals surface area contributed by atoms with Crippen LogP contribution in [0.1, 0.15) is 37.3 Å². The Morgan fingerprint density at radius 3 is 2.71 bits per heavy atom. The highest BCUT2D eigenvalue weighted by Crippen LogP contribution is 2.17. The molecule has 0 atom stereocenters. The molecule has 77 valence electrons. The summed E-state index contributed by atoms with van der Waals surface area (Å²) in [6, 6.07) is 5.39. The van der Waals surface area contributed by atoms with E-state index in [0.29, 0.717) is 0 Å². The predicted octanol–water partition coefficient (Wildman–Crippen LogP) is 3.93. The molecule has 1 radical (unpaired) electrons. The average Bonchev–Trinajstić information content (AvgIpc) is 2.18. The molecule has 0 heterocycles. The van der Waals surface area contributed by atoms with E-state index in [9.17, 15) is 4.39 Å². The minimum atomic E-state index is -0.0515. The number of benzene rings is 1. The van der Waals surface area contributed by atoms with Crippen LogP contribution in [0.3, 0.4) is 0 Å². The van der Waals surface area contributed by atoms with Gasteiger partial charge in [-0.1, -0.05) is 38.8 Å². The first-order valence-corrected chi connectivity index (χ1v) is 5.35. The normalized spacial score (nSPS) is 10.5. The lowest BCUT2D eigenvalue weighted by Crippen LogP contribution is -1.98. The molecule has 0 saturated carbocycles. The minimum absolute atomic E-state index is 0.0515. The zero-order valence-corrected chi connectivity index (χ0v) is 8.85. The van der Waals surface area contributed by atoms with Crippen LogP contribution >= 0.6 is 0 Å². The molecule has 0 bridgehead atoms. The van der Waals surface area contributed by atoms with Crippen LogP contribution in [0.5, 0.6) is 0 Å². The van der Waals surface area contributed by atoms with Gasteiger partial charge < -0.3 is 0 Å². The number of unbranched alkanes of at least 4 members (excludes halogenated alkanes) is 1. The summed E-state index contributed by atoms with van der Waals surface area (Å²) in [5, 5.41) is 0. The molecule has 14 heavy (non-hydrogen) atoms. The first kappa shape index (κ1) is 11.2. The Morgan fingerprint density at radius 1 is 1.29 bits per heavy atom. The number of aryl methyl sites for hydroxylation is 1. The van der Waals surface area contributed by atoms with E-state index in [1.807, 2.05) is 6.07 Å². The quantitative estimate of drug-likeness (QED) is 0.664. The highest BCUT2D eigenvalue weighted by molar-refractivity contribution is 5.29. The molecule has 0 aliphatic carbocycles. The first-order chi connectivity index (χ1) is 6.79. The lowest BCUT2D eigenvalue weighted by atomic mass is 9.98. The monoisotopic (exact) mass is 193 g/mol. The summed E-state index contributed by atoms with van der Waals surface area (Å²) in [6.45, 7) is 5.90. The molecule has 1 aromatic rings. The molecule has 0 aromatic heterocycles. The van der Waals surface area contributed by atoms with Gasteiger partial charge in [-0.25, -0.2) is 4.39 Å². The van der Waals surface area contributed by atoms with Gasteiger partial charge in [-0.15, -0.1) is 0 Å². The Morgan fingerprint density at radius 2 is 2.07 bits per heavy atom. The standard InChI is InChI=1S/C13H18F/c1-3-5-9-12-11(7-4-2)8-6-10-13(12)14/h6,8,10H,1,3-5,7,9H2,2H3. The molecule has 0 N–H and O–H groups in total. The maximum absolute atomic E-state index is 13.5. The van der Waals surface area contributed by atoms with E-state index in [4.69, 9.17) is 0 Å². The van der Waals surface area contributed by atoms with Gasteiger partial charge in [-0.3, -0.25) is 0 Å². The molecule has 0 fully saturated rings. The molecular formula is C13H18F. The number of halogens is 1. The summed E-state index contributed by atoms with van der Waals surface area (Å²) in [5.74, 6) is -0.0515. The van der Waals surface area contributed by atoms with Crippen LogP contribution in [0.15, 0.2) is 18.2 Å². The molecule has 1 heteroatoms. The minimum Gasteiger partial charge on any atom is -0.207 e. The van der Waals surface area contributed by atoms with Gasteiger partial charge in [-0.05, 0) is 36.5 Å². The lowest BCUT2D eigenvalue weighted by Gasteiger charge is -2.09. The third kappa shape index (κ3) is 2.83. The van der Waals surface area contributed by atoms with Crippen molar-refractivity contribution >= 4 is 0 Å². The molecule has 1 aromatic carbocycles. The second-order valence-electron chi connectivity index (χ2n) is 3.58. The summed E-state index contributed by atoms with van der Waals surface area (Å²) in [7, 11) is 0. The van der Waals surface area contributed by atoms with Crippen LogP contribution in [0.4, 0.5) is 4.39 Å². The Bertz CT molecular complexity index is 279. The number of hydrogen-bond donors (Lipinski definition) is 0. The third-order valence-corrected chi connectivity index (χ3v) is 2.41. The zero-order valence-electron chi connectivity index (χ0n) is 8.85. The van der Waals surface area contributed by atoms with Crippen LogP contribution < -0.4 is 0 Å². The van der Waals surface area contributed by atoms with E-state index in [2.05, 4.69) is 13.8 Å². The van der Waals surface area contributed by atoms with Crippen molar-refractivity contribution in [3.8, 4) is 0 Å². The van der Waals surface area contributed by atoms with Crippen molar-refractivity contribution in [2.24, 2.45) is 0 Å². The Hall–Kier alpha value is -0.850. The van der Waals surface area contributed by atoms with E-state index < -0.39 is 0 Å². The molecule has 0 amide bonds. The second-order valence-corrected chi connectivity index (χ2v) is 3.58. The average molecular weight is 193 g/mol. The molecule has 0 spiro atoms. The van der Waals surface area contributed by atoms with E-state index >= 15 is 0 Å². The highest BCUT2D eigenvalue weighted by Gasteiger charge is 2.06. The Labute approximate surface area is 86.2 Å². The Kier molecular flexibility index (Phi) is 4.64. The zero-order chi connectivity index (χ0) is 10.4. The lowest BCUT2D eigenvalue weighted by molar-refractivity contribution is 0.600. The smallest absolute Gasteiger partial charge is 0.126 e. The highest BCUT2D eigenvalue weighted by atomic mass is 19.1. The molecule has 0 nitrogen and oxygen atoms in total. The van der Waals surface area contributed by atoms with E-state index in [1.54, 1.807) is 12.1 Å². The van der Waals surface area contributed by atoms with E-state index in [-0.39, 0.29) is 5.82 Å². The largest absolute Gasteiger partial charge is 0.207 e. The molecule has 1 rings (SSSR count). The summed E-state index contributed by atoms with van der Waals surface area (Å²) in [6.07, 6.45) is 4.72. The topological polar surface area (TPSA) is 0 Å². The fourth-order valence-electron chi connectivity index (χ4n) is 1.69. The van der Waals surface area contributed by atoms with Crippen molar-refractivity contribution in [1.82, 2.24) is 0 Å². The van der Waals surface area contributed by atoms with Crippen molar-refractivity contribution in [3.63, 3.8) is 0 Å². The van der Waals surface area contributed by atoms with Crippen LogP contribution in [-0.2, 0) is 12.8 Å². The first-order valence-electron chi connectivity index (χ1n) is 5.35. The summed E-state index contributed by atoms with van der Waals surface area (Å²) in [5.41, 5.74) is 2.07. The molecule has 0 aliphatic rings. The fraction of sp³-hybridized carbons (Fsp3) is 0.462. The molecule has 0 unspecified atom stereocenters. The van der Waals surface area contributed by atoms with Crippen LogP contribution in [0, 0.1) is 12.7 Å². The van der Waals surface area contributed by atoms with Gasteiger partial charge in [0.1, 0.15) is 5.82 Å². The van der Waals surface area contributed by atoms with Gasteiger partial charge in [0.25, 0.3) is 0 Å². The maximum Gasteiger partial charge on any atom is 0.126 e. The summed E-state index contributed by atoms with van der Waals surface area (Å²) in [4.78, 5) is 0. The number of rotatable bonds is 5. The SMILES string of the molecule is [CH2]CCCc1c(F)cccc1CCC. The predicted molar refractivity (Wildman–Crippen MR) is 58.7 cm³/mol. The van der Waals surface area contributed by atoms with Gasteiger partial charge in [0.2, 0.25) is 0 Å². The van der Waals surface area contributed by atoms with Gasteiger partial charge in [0, 0.05) is 0 Å². The van der Waals surface area contributed by atoms with Crippen molar-refractivity contribution in [2.45, 2.75) is 39.0 Å². The van der Waals surface area contributed by atoms with Gasteiger partial charge in [-0.2, -0.15) is 0 Å². The fourth-order valence-corrected chi connectivity index (χ4v) is 1.69. The van der Waals surface area contributed by atoms with Crippen molar-refractivity contribution in [3.05, 3.63) is 42.1 Å². The van der Waals surface area contributed by atoms with Crippen molar-refractivity contribution in [1.29, 1.82) is 0 Å². The second kappa shape index (κ2) is 5.79. The maximum atomic E-state index is 13.5. The molecular weight excluding hydrogens is 175 g/mol. The van der Waals surface area contributed by atoms with Crippen molar-refractivity contribution < 1.29 is 4.39 Å². The van der Waals surface area contributed by atoms with Gasteiger partial charge >= 0.3 is 0 Å². The van der Waals surface area contributed by atoms with Crippen LogP contribution in [0.25, 0.3) is 0 Å². The van der Waals surface area contributed by atoms with E-state index in [1.165, 1.54) is 5.56 Å².